The number of likely N-dealkylation sites (N-methyl/N-ethyl adjacent to an activating group) is 1. The van der Waals surface area contributed by atoms with Gasteiger partial charge in [0.2, 0.25) is 5.91 Å². The molecule has 4 aliphatic rings. The standard InChI is InChI=1S/C19H21BrN2O4/c1-22-7-6-18-13-5-4-12(24)17(18)26-16-11(23)3-2-10(15(16)18)8-19(13,22)21-14(25)9-20/h2-5,12-13,17,23-24H,6-9H2,1H3,(H,21,25)/t12-,13+,17-,18-,19+/m0/s1. The summed E-state index contributed by atoms with van der Waals surface area (Å²) in [7, 11) is 2.04. The van der Waals surface area contributed by atoms with Crippen LogP contribution in [0.15, 0.2) is 24.3 Å². The second-order valence-electron chi connectivity index (χ2n) is 7.83. The van der Waals surface area contributed by atoms with Gasteiger partial charge in [-0.05, 0) is 25.1 Å². The number of hydrogen-bond acceptors (Lipinski definition) is 5. The minimum Gasteiger partial charge on any atom is -0.504 e. The molecule has 0 saturated carbocycles. The summed E-state index contributed by atoms with van der Waals surface area (Å²) in [6.45, 7) is 0.772. The van der Waals surface area contributed by atoms with E-state index in [0.717, 1.165) is 24.1 Å². The molecule has 2 heterocycles. The predicted molar refractivity (Wildman–Crippen MR) is 98.5 cm³/mol. The van der Waals surface area contributed by atoms with Crippen molar-refractivity contribution in [1.82, 2.24) is 10.2 Å². The average molecular weight is 421 g/mol. The van der Waals surface area contributed by atoms with Crippen molar-refractivity contribution in [2.24, 2.45) is 5.92 Å². The molecule has 7 heteroatoms. The Morgan fingerprint density at radius 1 is 1.46 bits per heavy atom. The maximum Gasteiger partial charge on any atom is 0.232 e. The first kappa shape index (κ1) is 16.6. The van der Waals surface area contributed by atoms with Gasteiger partial charge in [0.1, 0.15) is 17.9 Å². The third-order valence-electron chi connectivity index (χ3n) is 6.80. The molecule has 2 aliphatic carbocycles. The van der Waals surface area contributed by atoms with E-state index in [1.807, 2.05) is 19.2 Å². The fraction of sp³-hybridized carbons (Fsp3) is 0.526. The lowest BCUT2D eigenvalue weighted by atomic mass is 9.51. The number of rotatable bonds is 2. The van der Waals surface area contributed by atoms with Gasteiger partial charge in [0.15, 0.2) is 11.5 Å². The maximum absolute atomic E-state index is 12.4. The van der Waals surface area contributed by atoms with Crippen molar-refractivity contribution in [3.05, 3.63) is 35.4 Å². The number of hydrogen-bond donors (Lipinski definition) is 3. The molecule has 5 atom stereocenters. The van der Waals surface area contributed by atoms with Gasteiger partial charge in [-0.15, -0.1) is 0 Å². The van der Waals surface area contributed by atoms with Crippen molar-refractivity contribution in [2.45, 2.75) is 36.1 Å². The van der Waals surface area contributed by atoms with Crippen LogP contribution in [0.2, 0.25) is 0 Å². The predicted octanol–water partition coefficient (Wildman–Crippen LogP) is 1.04. The van der Waals surface area contributed by atoms with Gasteiger partial charge in [0, 0.05) is 24.4 Å². The van der Waals surface area contributed by atoms with E-state index < -0.39 is 23.3 Å². The summed E-state index contributed by atoms with van der Waals surface area (Å²) in [5, 5.41) is 24.5. The van der Waals surface area contributed by atoms with Crippen molar-refractivity contribution in [2.75, 3.05) is 18.9 Å². The van der Waals surface area contributed by atoms with Crippen LogP contribution >= 0.6 is 15.9 Å². The van der Waals surface area contributed by atoms with E-state index in [1.54, 1.807) is 12.1 Å². The van der Waals surface area contributed by atoms with Gasteiger partial charge in [-0.3, -0.25) is 9.69 Å². The van der Waals surface area contributed by atoms with Gasteiger partial charge in [0.25, 0.3) is 0 Å². The van der Waals surface area contributed by atoms with Crippen molar-refractivity contribution in [3.63, 3.8) is 0 Å². The second kappa shape index (κ2) is 5.24. The number of carbonyl (C=O) groups is 1. The minimum atomic E-state index is -0.739. The molecular formula is C19H21BrN2O4. The van der Waals surface area contributed by atoms with Crippen LogP contribution < -0.4 is 10.1 Å². The number of phenolic OH excluding ortho intramolecular Hbond substituents is 1. The first-order chi connectivity index (χ1) is 12.4. The Labute approximate surface area is 160 Å². The summed E-state index contributed by atoms with van der Waals surface area (Å²) >= 11 is 3.26. The fourth-order valence-corrected chi connectivity index (χ4v) is 5.93. The van der Waals surface area contributed by atoms with Crippen LogP contribution in [0.5, 0.6) is 11.5 Å². The molecule has 1 amide bonds. The lowest BCUT2D eigenvalue weighted by Gasteiger charge is -2.62. The number of aliphatic hydroxyl groups excluding tert-OH is 1. The van der Waals surface area contributed by atoms with Crippen LogP contribution in [0.3, 0.4) is 0 Å². The number of benzene rings is 1. The molecule has 0 radical (unpaired) electrons. The van der Waals surface area contributed by atoms with Crippen LogP contribution in [-0.2, 0) is 16.6 Å². The first-order valence-electron chi connectivity index (χ1n) is 8.90. The lowest BCUT2D eigenvalue weighted by Crippen LogP contribution is -2.76. The largest absolute Gasteiger partial charge is 0.504 e. The monoisotopic (exact) mass is 420 g/mol. The third kappa shape index (κ3) is 1.76. The Kier molecular flexibility index (Phi) is 3.34. The molecule has 6 nitrogen and oxygen atoms in total. The molecule has 1 saturated heterocycles. The van der Waals surface area contributed by atoms with Crippen molar-refractivity contribution < 1.29 is 19.7 Å². The average Bonchev–Trinajstić information content (AvgIpc) is 2.98. The molecule has 1 fully saturated rings. The van der Waals surface area contributed by atoms with Crippen LogP contribution in [0.4, 0.5) is 0 Å². The number of ether oxygens (including phenoxy) is 1. The van der Waals surface area contributed by atoms with Crippen molar-refractivity contribution in [1.29, 1.82) is 0 Å². The molecular weight excluding hydrogens is 400 g/mol. The quantitative estimate of drug-likeness (QED) is 0.491. The molecule has 0 unspecified atom stereocenters. The van der Waals surface area contributed by atoms with Crippen molar-refractivity contribution >= 4 is 21.8 Å². The smallest absolute Gasteiger partial charge is 0.232 e. The van der Waals surface area contributed by atoms with Gasteiger partial charge in [0.05, 0.1) is 10.7 Å². The van der Waals surface area contributed by atoms with E-state index in [9.17, 15) is 15.0 Å². The van der Waals surface area contributed by atoms with E-state index in [1.165, 1.54) is 0 Å². The highest BCUT2D eigenvalue weighted by atomic mass is 79.9. The number of likely N-dealkylation sites (tertiary alicyclic amines) is 1. The van der Waals surface area contributed by atoms with Crippen LogP contribution in [0, 0.1) is 5.92 Å². The highest BCUT2D eigenvalue weighted by Crippen LogP contribution is 2.64. The number of nitrogens with one attached hydrogen (secondary N) is 1. The SMILES string of the molecule is CN1CC[C@]23c4c5ccc(O)c4O[C@H]2[C@@H](O)C=C[C@H]3[C@@]1(NC(=O)CBr)C5. The van der Waals surface area contributed by atoms with E-state index in [-0.39, 0.29) is 22.9 Å². The van der Waals surface area contributed by atoms with Crippen LogP contribution in [0.1, 0.15) is 17.5 Å². The van der Waals surface area contributed by atoms with E-state index in [2.05, 4.69) is 26.1 Å². The van der Waals surface area contributed by atoms with Gasteiger partial charge >= 0.3 is 0 Å². The van der Waals surface area contributed by atoms with Crippen LogP contribution in [0.25, 0.3) is 0 Å². The zero-order valence-corrected chi connectivity index (χ0v) is 16.0. The fourth-order valence-electron chi connectivity index (χ4n) is 5.79. The van der Waals surface area contributed by atoms with E-state index in [0.29, 0.717) is 12.2 Å². The Bertz CT molecular complexity index is 843. The van der Waals surface area contributed by atoms with E-state index >= 15 is 0 Å². The molecule has 1 aromatic carbocycles. The number of nitrogens with zero attached hydrogens (tertiary/aromatic N) is 1. The molecule has 138 valence electrons. The number of amides is 1. The second-order valence-corrected chi connectivity index (χ2v) is 8.40. The molecule has 3 N–H and O–H groups in total. The third-order valence-corrected chi connectivity index (χ3v) is 7.31. The Morgan fingerprint density at radius 2 is 2.27 bits per heavy atom. The molecule has 1 spiro atoms. The minimum absolute atomic E-state index is 0.0410. The van der Waals surface area contributed by atoms with Crippen LogP contribution in [-0.4, -0.2) is 57.8 Å². The summed E-state index contributed by atoms with van der Waals surface area (Å²) in [5.74, 6) is 0.520. The Balaban J connectivity index is 1.80. The maximum atomic E-state index is 12.4. The molecule has 1 aromatic rings. The topological polar surface area (TPSA) is 82.0 Å². The van der Waals surface area contributed by atoms with Gasteiger partial charge in [-0.2, -0.15) is 0 Å². The lowest BCUT2D eigenvalue weighted by molar-refractivity contribution is -0.134. The number of alkyl halides is 1. The normalized spacial score (nSPS) is 39.3. The Hall–Kier alpha value is -1.57. The number of carbonyl (C=O) groups excluding carboxylic acids is 1. The summed E-state index contributed by atoms with van der Waals surface area (Å²) in [6, 6.07) is 3.58. The summed E-state index contributed by atoms with van der Waals surface area (Å²) in [4.78, 5) is 14.6. The number of phenols is 1. The van der Waals surface area contributed by atoms with Gasteiger partial charge in [-0.25, -0.2) is 0 Å². The van der Waals surface area contributed by atoms with Gasteiger partial charge in [-0.1, -0.05) is 34.1 Å². The number of aromatic hydroxyl groups is 1. The Morgan fingerprint density at radius 3 is 3.04 bits per heavy atom. The highest BCUT2D eigenvalue weighted by Gasteiger charge is 2.69. The summed E-state index contributed by atoms with van der Waals surface area (Å²) in [5.41, 5.74) is 1.07. The summed E-state index contributed by atoms with van der Waals surface area (Å²) in [6.07, 6.45) is 4.06. The zero-order chi connectivity index (χ0) is 18.3. The molecule has 0 aromatic heterocycles. The molecule has 26 heavy (non-hydrogen) atoms. The first-order valence-corrected chi connectivity index (χ1v) is 10.0. The number of halogens is 1. The molecule has 5 rings (SSSR count). The van der Waals surface area contributed by atoms with Crippen molar-refractivity contribution in [3.8, 4) is 11.5 Å². The highest BCUT2D eigenvalue weighted by molar-refractivity contribution is 9.09. The number of piperidine rings is 1. The van der Waals surface area contributed by atoms with E-state index in [4.69, 9.17) is 4.74 Å². The number of aliphatic hydroxyl groups is 1. The molecule has 2 bridgehead atoms. The zero-order valence-electron chi connectivity index (χ0n) is 14.4. The summed E-state index contributed by atoms with van der Waals surface area (Å²) < 4.78 is 6.14. The van der Waals surface area contributed by atoms with Gasteiger partial charge < -0.3 is 20.3 Å². The molecule has 2 aliphatic heterocycles.